The van der Waals surface area contributed by atoms with Gasteiger partial charge in [-0.05, 0) is 30.2 Å². The summed E-state index contributed by atoms with van der Waals surface area (Å²) >= 11 is 0. The van der Waals surface area contributed by atoms with Crippen LogP contribution in [0.25, 0.3) is 0 Å². The molecule has 2 unspecified atom stereocenters. The Morgan fingerprint density at radius 1 is 1.04 bits per heavy atom. The molecule has 3 rings (SSSR count). The van der Waals surface area contributed by atoms with Crippen LogP contribution in [0.15, 0.2) is 42.5 Å². The molecule has 1 aliphatic rings. The molecule has 27 heavy (non-hydrogen) atoms. The number of methoxy groups -OCH3 is 2. The average Bonchev–Trinajstić information content (AvgIpc) is 3.13. The second-order valence-corrected chi connectivity index (χ2v) is 6.69. The second kappa shape index (κ2) is 7.70. The Kier molecular flexibility index (Phi) is 5.35. The molecule has 0 aromatic heterocycles. The summed E-state index contributed by atoms with van der Waals surface area (Å²) < 4.78 is 10.6. The molecular weight excluding hydrogens is 346 g/mol. The van der Waals surface area contributed by atoms with Gasteiger partial charge in [0.25, 0.3) is 5.91 Å². The predicted molar refractivity (Wildman–Crippen MR) is 100 cm³/mol. The zero-order valence-electron chi connectivity index (χ0n) is 15.6. The number of hydrogen-bond acceptors (Lipinski definition) is 4. The molecule has 1 N–H and O–H groups in total. The van der Waals surface area contributed by atoms with Crippen LogP contribution in [0.5, 0.6) is 11.5 Å². The van der Waals surface area contributed by atoms with Crippen LogP contribution in [0.2, 0.25) is 0 Å². The molecule has 2 aromatic rings. The first-order valence-electron chi connectivity index (χ1n) is 8.76. The Balaban J connectivity index is 1.91. The predicted octanol–water partition coefficient (Wildman–Crippen LogP) is 2.95. The number of rotatable bonds is 5. The molecule has 0 radical (unpaired) electrons. The minimum atomic E-state index is -0.886. The fourth-order valence-electron chi connectivity index (χ4n) is 3.64. The summed E-state index contributed by atoms with van der Waals surface area (Å²) in [6.45, 7) is 2.38. The van der Waals surface area contributed by atoms with Crippen molar-refractivity contribution in [2.24, 2.45) is 5.92 Å². The minimum absolute atomic E-state index is 0.182. The van der Waals surface area contributed by atoms with E-state index in [0.29, 0.717) is 23.6 Å². The summed E-state index contributed by atoms with van der Waals surface area (Å²) in [5.74, 6) is -0.912. The van der Waals surface area contributed by atoms with Crippen molar-refractivity contribution in [3.8, 4) is 11.5 Å². The monoisotopic (exact) mass is 369 g/mol. The molecule has 1 heterocycles. The molecule has 6 heteroatoms. The van der Waals surface area contributed by atoms with E-state index >= 15 is 0 Å². The lowest BCUT2D eigenvalue weighted by Crippen LogP contribution is -2.30. The van der Waals surface area contributed by atoms with Crippen molar-refractivity contribution in [2.75, 3.05) is 27.3 Å². The Labute approximate surface area is 158 Å². The van der Waals surface area contributed by atoms with Gasteiger partial charge < -0.3 is 19.5 Å². The Morgan fingerprint density at radius 2 is 1.67 bits per heavy atom. The van der Waals surface area contributed by atoms with Gasteiger partial charge in [-0.25, -0.2) is 0 Å². The van der Waals surface area contributed by atoms with Gasteiger partial charge in [0.15, 0.2) is 11.5 Å². The van der Waals surface area contributed by atoms with E-state index < -0.39 is 11.9 Å². The van der Waals surface area contributed by atoms with E-state index in [1.807, 2.05) is 37.3 Å². The second-order valence-electron chi connectivity index (χ2n) is 6.69. The number of benzene rings is 2. The highest BCUT2D eigenvalue weighted by molar-refractivity contribution is 5.97. The molecule has 2 aromatic carbocycles. The van der Waals surface area contributed by atoms with E-state index in [1.165, 1.54) is 7.11 Å². The standard InChI is InChI=1S/C21H23NO5/c1-13-9-18(26-2)19(27-3)10-15(13)20(23)22-11-16(17(12-22)21(24)25)14-7-5-4-6-8-14/h4-10,16-17H,11-12H2,1-3H3,(H,24,25). The summed E-state index contributed by atoms with van der Waals surface area (Å²) in [6.07, 6.45) is 0. The van der Waals surface area contributed by atoms with Gasteiger partial charge in [-0.3, -0.25) is 9.59 Å². The van der Waals surface area contributed by atoms with Crippen LogP contribution in [-0.2, 0) is 4.79 Å². The highest BCUT2D eigenvalue weighted by Gasteiger charge is 2.41. The molecule has 1 saturated heterocycles. The number of amides is 1. The topological polar surface area (TPSA) is 76.1 Å². The molecule has 0 spiro atoms. The van der Waals surface area contributed by atoms with Gasteiger partial charge in [-0.2, -0.15) is 0 Å². The number of carbonyl (C=O) groups is 2. The normalized spacial score (nSPS) is 19.0. The van der Waals surface area contributed by atoms with Crippen LogP contribution in [0, 0.1) is 12.8 Å². The van der Waals surface area contributed by atoms with E-state index in [-0.39, 0.29) is 18.4 Å². The van der Waals surface area contributed by atoms with Crippen LogP contribution >= 0.6 is 0 Å². The van der Waals surface area contributed by atoms with Gasteiger partial charge in [0.2, 0.25) is 0 Å². The highest BCUT2D eigenvalue weighted by Crippen LogP contribution is 2.35. The van der Waals surface area contributed by atoms with Crippen molar-refractivity contribution in [1.29, 1.82) is 0 Å². The number of hydrogen-bond donors (Lipinski definition) is 1. The summed E-state index contributed by atoms with van der Waals surface area (Å²) in [4.78, 5) is 26.5. The number of ether oxygens (including phenoxy) is 2. The average molecular weight is 369 g/mol. The first-order chi connectivity index (χ1) is 13.0. The van der Waals surface area contributed by atoms with Crippen LogP contribution in [0.3, 0.4) is 0 Å². The minimum Gasteiger partial charge on any atom is -0.493 e. The van der Waals surface area contributed by atoms with Crippen molar-refractivity contribution in [1.82, 2.24) is 4.90 Å². The van der Waals surface area contributed by atoms with Crippen molar-refractivity contribution in [3.63, 3.8) is 0 Å². The smallest absolute Gasteiger partial charge is 0.308 e. The Morgan fingerprint density at radius 3 is 2.26 bits per heavy atom. The van der Waals surface area contributed by atoms with Gasteiger partial charge in [-0.15, -0.1) is 0 Å². The van der Waals surface area contributed by atoms with Crippen LogP contribution in [0.4, 0.5) is 0 Å². The van der Waals surface area contributed by atoms with Crippen molar-refractivity contribution >= 4 is 11.9 Å². The first kappa shape index (κ1) is 18.8. The maximum Gasteiger partial charge on any atom is 0.308 e. The maximum absolute atomic E-state index is 13.1. The van der Waals surface area contributed by atoms with Gasteiger partial charge in [0, 0.05) is 24.6 Å². The summed E-state index contributed by atoms with van der Waals surface area (Å²) in [7, 11) is 3.06. The van der Waals surface area contributed by atoms with Gasteiger partial charge >= 0.3 is 5.97 Å². The zero-order chi connectivity index (χ0) is 19.6. The fraction of sp³-hybridized carbons (Fsp3) is 0.333. The number of aryl methyl sites for hydroxylation is 1. The van der Waals surface area contributed by atoms with Crippen molar-refractivity contribution < 1.29 is 24.2 Å². The molecule has 2 atom stereocenters. The summed E-state index contributed by atoms with van der Waals surface area (Å²) in [5, 5.41) is 9.65. The maximum atomic E-state index is 13.1. The third kappa shape index (κ3) is 3.60. The highest BCUT2D eigenvalue weighted by atomic mass is 16.5. The van der Waals surface area contributed by atoms with E-state index in [0.717, 1.165) is 11.1 Å². The fourth-order valence-corrected chi connectivity index (χ4v) is 3.64. The van der Waals surface area contributed by atoms with E-state index in [2.05, 4.69) is 0 Å². The quantitative estimate of drug-likeness (QED) is 0.877. The number of likely N-dealkylation sites (tertiary alicyclic amines) is 1. The zero-order valence-corrected chi connectivity index (χ0v) is 15.6. The van der Waals surface area contributed by atoms with E-state index in [9.17, 15) is 14.7 Å². The van der Waals surface area contributed by atoms with Gasteiger partial charge in [0.05, 0.1) is 20.1 Å². The molecule has 1 amide bonds. The Hall–Kier alpha value is -3.02. The molecular formula is C21H23NO5. The summed E-state index contributed by atoms with van der Waals surface area (Å²) in [6, 6.07) is 12.9. The van der Waals surface area contributed by atoms with Crippen LogP contribution in [-0.4, -0.2) is 49.2 Å². The third-order valence-corrected chi connectivity index (χ3v) is 5.11. The van der Waals surface area contributed by atoms with E-state index in [4.69, 9.17) is 9.47 Å². The molecule has 0 bridgehead atoms. The van der Waals surface area contributed by atoms with Crippen LogP contribution in [0.1, 0.15) is 27.4 Å². The Bertz CT molecular complexity index is 849. The SMILES string of the molecule is COc1cc(C)c(C(=O)N2CC(C(=O)O)C(c3ccccc3)C2)cc1OC. The number of carboxylic acids is 1. The lowest BCUT2D eigenvalue weighted by atomic mass is 9.89. The summed E-state index contributed by atoms with van der Waals surface area (Å²) in [5.41, 5.74) is 2.18. The molecule has 1 fully saturated rings. The van der Waals surface area contributed by atoms with Crippen molar-refractivity contribution in [3.05, 3.63) is 59.2 Å². The van der Waals surface area contributed by atoms with Crippen molar-refractivity contribution in [2.45, 2.75) is 12.8 Å². The van der Waals surface area contributed by atoms with Gasteiger partial charge in [0.1, 0.15) is 0 Å². The number of nitrogens with zero attached hydrogens (tertiary/aromatic N) is 1. The third-order valence-electron chi connectivity index (χ3n) is 5.11. The largest absolute Gasteiger partial charge is 0.493 e. The first-order valence-corrected chi connectivity index (χ1v) is 8.76. The number of carboxylic acid groups (broad SMARTS) is 1. The molecule has 142 valence electrons. The molecule has 1 aliphatic heterocycles. The number of carbonyl (C=O) groups excluding carboxylic acids is 1. The van der Waals surface area contributed by atoms with Crippen LogP contribution < -0.4 is 9.47 Å². The van der Waals surface area contributed by atoms with Gasteiger partial charge in [-0.1, -0.05) is 30.3 Å². The lowest BCUT2D eigenvalue weighted by molar-refractivity contribution is -0.141. The molecule has 0 aliphatic carbocycles. The van der Waals surface area contributed by atoms with E-state index in [1.54, 1.807) is 24.1 Å². The molecule has 0 saturated carbocycles. The lowest BCUT2D eigenvalue weighted by Gasteiger charge is -2.19. The number of aliphatic carboxylic acids is 1. The molecule has 6 nitrogen and oxygen atoms in total.